The van der Waals surface area contributed by atoms with Crippen LogP contribution >= 0.6 is 0 Å². The van der Waals surface area contributed by atoms with Crippen LogP contribution in [0, 0.1) is 11.6 Å². The van der Waals surface area contributed by atoms with Crippen LogP contribution in [-0.2, 0) is 24.1 Å². The average molecular weight is 383 g/mol. The van der Waals surface area contributed by atoms with Gasteiger partial charge in [0.25, 0.3) is 0 Å². The molecule has 4 rings (SSSR count). The van der Waals surface area contributed by atoms with E-state index < -0.39 is 11.6 Å². The highest BCUT2D eigenvalue weighted by Crippen LogP contribution is 2.31. The summed E-state index contributed by atoms with van der Waals surface area (Å²) in [6, 6.07) is 11.9. The fraction of sp³-hybridized carbons (Fsp3) is 0.286. The number of aromatic nitrogens is 2. The van der Waals surface area contributed by atoms with Crippen LogP contribution < -0.4 is 4.90 Å². The molecule has 0 aliphatic carbocycles. The molecule has 7 heteroatoms. The first-order valence-electron chi connectivity index (χ1n) is 9.24. The number of hydrogen-bond donors (Lipinski definition) is 0. The summed E-state index contributed by atoms with van der Waals surface area (Å²) in [5.74, 6) is -0.565. The molecule has 0 saturated carbocycles. The molecular formula is C21H19F2N3O2. The highest BCUT2D eigenvalue weighted by molar-refractivity contribution is 5.94. The molecule has 2 heterocycles. The van der Waals surface area contributed by atoms with E-state index in [9.17, 15) is 13.6 Å². The monoisotopic (exact) mass is 383 g/mol. The van der Waals surface area contributed by atoms with E-state index in [-0.39, 0.29) is 18.7 Å². The molecular weight excluding hydrogens is 364 g/mol. The Morgan fingerprint density at radius 1 is 1.18 bits per heavy atom. The number of halogens is 2. The van der Waals surface area contributed by atoms with Gasteiger partial charge in [-0.25, -0.2) is 8.78 Å². The number of anilines is 1. The van der Waals surface area contributed by atoms with Gasteiger partial charge in [0.15, 0.2) is 5.82 Å². The quantitative estimate of drug-likeness (QED) is 0.672. The second-order valence-electron chi connectivity index (χ2n) is 6.80. The van der Waals surface area contributed by atoms with Crippen LogP contribution in [0.25, 0.3) is 0 Å². The highest BCUT2D eigenvalue weighted by atomic mass is 19.1. The van der Waals surface area contributed by atoms with Gasteiger partial charge in [-0.1, -0.05) is 35.5 Å². The van der Waals surface area contributed by atoms with Gasteiger partial charge in [0.05, 0.1) is 5.69 Å². The smallest absolute Gasteiger partial charge is 0.227 e. The van der Waals surface area contributed by atoms with Gasteiger partial charge in [0.2, 0.25) is 11.8 Å². The first-order chi connectivity index (χ1) is 13.6. The summed E-state index contributed by atoms with van der Waals surface area (Å²) in [6.45, 7) is 0.442. The summed E-state index contributed by atoms with van der Waals surface area (Å²) in [4.78, 5) is 18.4. The van der Waals surface area contributed by atoms with E-state index in [1.54, 1.807) is 0 Å². The molecule has 0 fully saturated rings. The molecule has 2 aromatic carbocycles. The number of carbonyl (C=O) groups excluding carboxylic acids is 1. The molecule has 1 aliphatic heterocycles. The van der Waals surface area contributed by atoms with Gasteiger partial charge in [0.1, 0.15) is 11.6 Å². The van der Waals surface area contributed by atoms with Crippen LogP contribution in [0.1, 0.15) is 35.7 Å². The number of carbonyl (C=O) groups is 1. The number of nitrogens with zero attached hydrogens (tertiary/aromatic N) is 3. The number of aryl methyl sites for hydroxylation is 1. The second-order valence-corrected chi connectivity index (χ2v) is 6.80. The van der Waals surface area contributed by atoms with Gasteiger partial charge in [-0.2, -0.15) is 4.98 Å². The Hall–Kier alpha value is -3.09. The molecule has 0 spiro atoms. The molecule has 28 heavy (non-hydrogen) atoms. The maximum absolute atomic E-state index is 14.0. The predicted molar refractivity (Wildman–Crippen MR) is 98.9 cm³/mol. The van der Waals surface area contributed by atoms with E-state index in [1.807, 2.05) is 30.3 Å². The van der Waals surface area contributed by atoms with Gasteiger partial charge >= 0.3 is 0 Å². The summed E-state index contributed by atoms with van der Waals surface area (Å²) in [5.41, 5.74) is 1.79. The third kappa shape index (κ3) is 3.93. The first kappa shape index (κ1) is 18.3. The van der Waals surface area contributed by atoms with Crippen LogP contribution in [0.2, 0.25) is 0 Å². The molecule has 5 nitrogen and oxygen atoms in total. The minimum atomic E-state index is -0.682. The van der Waals surface area contributed by atoms with E-state index in [1.165, 1.54) is 11.0 Å². The Bertz CT molecular complexity index is 989. The fourth-order valence-electron chi connectivity index (χ4n) is 3.46. The Kier molecular flexibility index (Phi) is 5.14. The Balaban J connectivity index is 1.41. The summed E-state index contributed by atoms with van der Waals surface area (Å²) in [6.07, 6.45) is 2.10. The zero-order valence-corrected chi connectivity index (χ0v) is 15.2. The van der Waals surface area contributed by atoms with E-state index in [4.69, 9.17) is 4.52 Å². The molecule has 0 bridgehead atoms. The van der Waals surface area contributed by atoms with Gasteiger partial charge in [-0.15, -0.1) is 0 Å². The Morgan fingerprint density at radius 2 is 2.00 bits per heavy atom. The van der Waals surface area contributed by atoms with Gasteiger partial charge in [0, 0.05) is 37.4 Å². The van der Waals surface area contributed by atoms with Crippen molar-refractivity contribution in [1.29, 1.82) is 0 Å². The minimum Gasteiger partial charge on any atom is -0.339 e. The van der Waals surface area contributed by atoms with Crippen LogP contribution in [0.4, 0.5) is 14.5 Å². The van der Waals surface area contributed by atoms with Crippen molar-refractivity contribution < 1.29 is 18.1 Å². The van der Waals surface area contributed by atoms with Crippen molar-refractivity contribution in [3.05, 3.63) is 76.9 Å². The van der Waals surface area contributed by atoms with E-state index >= 15 is 0 Å². The lowest BCUT2D eigenvalue weighted by Crippen LogP contribution is -2.36. The number of amides is 1. The number of hydrogen-bond acceptors (Lipinski definition) is 4. The molecule has 144 valence electrons. The van der Waals surface area contributed by atoms with Crippen molar-refractivity contribution >= 4 is 11.6 Å². The third-order valence-corrected chi connectivity index (χ3v) is 4.80. The molecule has 3 aromatic rings. The van der Waals surface area contributed by atoms with Crippen molar-refractivity contribution in [3.63, 3.8) is 0 Å². The normalized spacial score (nSPS) is 13.4. The largest absolute Gasteiger partial charge is 0.339 e. The molecule has 1 amide bonds. The van der Waals surface area contributed by atoms with Gasteiger partial charge in [-0.3, -0.25) is 4.79 Å². The van der Waals surface area contributed by atoms with Crippen LogP contribution in [0.15, 0.2) is 47.0 Å². The molecule has 1 aromatic heterocycles. The highest BCUT2D eigenvalue weighted by Gasteiger charge is 2.26. The number of fused-ring (bicyclic) bond motifs is 1. The van der Waals surface area contributed by atoms with Crippen molar-refractivity contribution in [2.45, 2.75) is 32.1 Å². The van der Waals surface area contributed by atoms with Crippen LogP contribution in [-0.4, -0.2) is 22.6 Å². The summed E-state index contributed by atoms with van der Waals surface area (Å²) in [5, 5.41) is 3.95. The molecule has 1 aliphatic rings. The van der Waals surface area contributed by atoms with Gasteiger partial charge < -0.3 is 9.42 Å². The van der Waals surface area contributed by atoms with Crippen LogP contribution in [0.3, 0.4) is 0 Å². The minimum absolute atomic E-state index is 0.130. The van der Waals surface area contributed by atoms with E-state index in [0.717, 1.165) is 11.6 Å². The Morgan fingerprint density at radius 3 is 2.82 bits per heavy atom. The van der Waals surface area contributed by atoms with E-state index in [2.05, 4.69) is 10.1 Å². The zero-order valence-electron chi connectivity index (χ0n) is 15.2. The lowest BCUT2D eigenvalue weighted by atomic mass is 10.0. The SMILES string of the molecule is O=C(CCc1nc(Cc2ccccc2)no1)N1CCCc2c(F)cc(F)cc21. The average Bonchev–Trinajstić information content (AvgIpc) is 3.14. The summed E-state index contributed by atoms with van der Waals surface area (Å²) in [7, 11) is 0. The number of benzene rings is 2. The van der Waals surface area contributed by atoms with Gasteiger partial charge in [-0.05, 0) is 24.5 Å². The summed E-state index contributed by atoms with van der Waals surface area (Å²) >= 11 is 0. The fourth-order valence-corrected chi connectivity index (χ4v) is 3.46. The molecule has 0 N–H and O–H groups in total. The topological polar surface area (TPSA) is 59.2 Å². The predicted octanol–water partition coefficient (Wildman–Crippen LogP) is 3.85. The van der Waals surface area contributed by atoms with Crippen molar-refractivity contribution in [1.82, 2.24) is 10.1 Å². The third-order valence-electron chi connectivity index (χ3n) is 4.80. The zero-order chi connectivity index (χ0) is 19.5. The van der Waals surface area contributed by atoms with Crippen molar-refractivity contribution in [3.8, 4) is 0 Å². The lowest BCUT2D eigenvalue weighted by Gasteiger charge is -2.29. The number of rotatable bonds is 5. The molecule has 0 unspecified atom stereocenters. The Labute approximate surface area is 161 Å². The lowest BCUT2D eigenvalue weighted by molar-refractivity contribution is -0.118. The van der Waals surface area contributed by atoms with Crippen LogP contribution in [0.5, 0.6) is 0 Å². The standard InChI is InChI=1S/C21H19F2N3O2/c22-15-12-17(23)16-7-4-10-26(18(16)13-15)21(27)9-8-20-24-19(25-28-20)11-14-5-2-1-3-6-14/h1-3,5-6,12-13H,4,7-11H2. The van der Waals surface area contributed by atoms with Crippen molar-refractivity contribution in [2.24, 2.45) is 0 Å². The van der Waals surface area contributed by atoms with E-state index in [0.29, 0.717) is 48.8 Å². The molecule has 0 radical (unpaired) electrons. The molecule has 0 saturated heterocycles. The maximum Gasteiger partial charge on any atom is 0.227 e. The van der Waals surface area contributed by atoms with Crippen molar-refractivity contribution in [2.75, 3.05) is 11.4 Å². The second kappa shape index (κ2) is 7.88. The maximum atomic E-state index is 14.0. The summed E-state index contributed by atoms with van der Waals surface area (Å²) < 4.78 is 32.8. The first-order valence-corrected chi connectivity index (χ1v) is 9.24. The molecule has 0 atom stereocenters.